The van der Waals surface area contributed by atoms with E-state index in [0.29, 0.717) is 34.6 Å². The van der Waals surface area contributed by atoms with Crippen LogP contribution in [0.3, 0.4) is 0 Å². The lowest BCUT2D eigenvalue weighted by Crippen LogP contribution is -2.45. The predicted molar refractivity (Wildman–Crippen MR) is 133 cm³/mol. The Morgan fingerprint density at radius 1 is 1.06 bits per heavy atom. The molecule has 8 nitrogen and oxygen atoms in total. The number of hydrogen-bond donors (Lipinski definition) is 1. The first-order chi connectivity index (χ1) is 16.9. The first-order valence-electron chi connectivity index (χ1n) is 11.0. The van der Waals surface area contributed by atoms with Crippen molar-refractivity contribution in [3.8, 4) is 17.2 Å². The van der Waals surface area contributed by atoms with Crippen LogP contribution in [0, 0.1) is 0 Å². The molecule has 0 aliphatic carbocycles. The Balaban J connectivity index is 1.50. The Hall–Kier alpha value is -3.43. The number of para-hydroxylation sites is 2. The van der Waals surface area contributed by atoms with Crippen LogP contribution in [0.15, 0.2) is 77.7 Å². The molecular formula is C25H25ClN2O6S. The van der Waals surface area contributed by atoms with Gasteiger partial charge in [-0.2, -0.15) is 0 Å². The van der Waals surface area contributed by atoms with Gasteiger partial charge in [0.25, 0.3) is 10.0 Å². The van der Waals surface area contributed by atoms with Crippen molar-refractivity contribution in [1.29, 1.82) is 0 Å². The molecule has 0 bridgehead atoms. The number of benzene rings is 3. The third-order valence-electron chi connectivity index (χ3n) is 5.22. The van der Waals surface area contributed by atoms with Gasteiger partial charge >= 0.3 is 0 Å². The predicted octanol–water partition coefficient (Wildman–Crippen LogP) is 3.89. The molecule has 0 spiro atoms. The van der Waals surface area contributed by atoms with Gasteiger partial charge in [-0.3, -0.25) is 9.10 Å². The van der Waals surface area contributed by atoms with E-state index >= 15 is 0 Å². The number of ether oxygens (including phenoxy) is 3. The van der Waals surface area contributed by atoms with Crippen LogP contribution in [0.5, 0.6) is 17.2 Å². The van der Waals surface area contributed by atoms with Crippen molar-refractivity contribution in [2.45, 2.75) is 17.9 Å². The van der Waals surface area contributed by atoms with Crippen LogP contribution in [0.1, 0.15) is 6.92 Å². The molecule has 0 radical (unpaired) electrons. The van der Waals surface area contributed by atoms with Crippen LogP contribution in [0.2, 0.25) is 5.02 Å². The van der Waals surface area contributed by atoms with Crippen molar-refractivity contribution in [2.75, 3.05) is 30.6 Å². The summed E-state index contributed by atoms with van der Waals surface area (Å²) in [6.45, 7) is 2.33. The maximum atomic E-state index is 13.5. The van der Waals surface area contributed by atoms with Crippen LogP contribution in [-0.4, -0.2) is 46.7 Å². The van der Waals surface area contributed by atoms with Gasteiger partial charge in [-0.1, -0.05) is 23.7 Å². The zero-order chi connectivity index (χ0) is 24.8. The Morgan fingerprint density at radius 2 is 1.74 bits per heavy atom. The second-order valence-corrected chi connectivity index (χ2v) is 9.99. The Kier molecular flexibility index (Phi) is 7.67. The molecule has 1 heterocycles. The van der Waals surface area contributed by atoms with Crippen molar-refractivity contribution in [3.63, 3.8) is 0 Å². The SMILES string of the molecule is CCOc1ccc(N(CC(=O)NCC2COc3ccccc3O2)S(=O)(=O)c2ccc(Cl)cc2)cc1. The van der Waals surface area contributed by atoms with E-state index in [2.05, 4.69) is 5.32 Å². The van der Waals surface area contributed by atoms with Crippen molar-refractivity contribution in [3.05, 3.63) is 77.8 Å². The van der Waals surface area contributed by atoms with E-state index in [4.69, 9.17) is 25.8 Å². The smallest absolute Gasteiger partial charge is 0.264 e. The number of nitrogens with zero attached hydrogens (tertiary/aromatic N) is 1. The lowest BCUT2D eigenvalue weighted by molar-refractivity contribution is -0.120. The topological polar surface area (TPSA) is 94.2 Å². The molecule has 0 aromatic heterocycles. The fraction of sp³-hybridized carbons (Fsp3) is 0.240. The van der Waals surface area contributed by atoms with Gasteiger partial charge in [-0.15, -0.1) is 0 Å². The molecule has 10 heteroatoms. The number of rotatable bonds is 9. The van der Waals surface area contributed by atoms with Gasteiger partial charge in [-0.05, 0) is 67.6 Å². The highest BCUT2D eigenvalue weighted by Crippen LogP contribution is 2.31. The minimum absolute atomic E-state index is 0.0178. The molecule has 1 amide bonds. The van der Waals surface area contributed by atoms with E-state index in [1.54, 1.807) is 36.4 Å². The molecule has 184 valence electrons. The first-order valence-corrected chi connectivity index (χ1v) is 12.8. The summed E-state index contributed by atoms with van der Waals surface area (Å²) in [7, 11) is -4.06. The maximum absolute atomic E-state index is 13.5. The fourth-order valence-corrected chi connectivity index (χ4v) is 5.05. The first kappa shape index (κ1) is 24.7. The van der Waals surface area contributed by atoms with Crippen molar-refractivity contribution >= 4 is 33.2 Å². The molecule has 1 N–H and O–H groups in total. The van der Waals surface area contributed by atoms with Crippen LogP contribution >= 0.6 is 11.6 Å². The summed E-state index contributed by atoms with van der Waals surface area (Å²) in [5, 5.41) is 3.16. The Bertz CT molecular complexity index is 1270. The van der Waals surface area contributed by atoms with Crippen molar-refractivity contribution in [1.82, 2.24) is 5.32 Å². The van der Waals surface area contributed by atoms with E-state index in [9.17, 15) is 13.2 Å². The van der Waals surface area contributed by atoms with Gasteiger partial charge in [-0.25, -0.2) is 8.42 Å². The molecule has 3 aromatic rings. The number of sulfonamides is 1. The third-order valence-corrected chi connectivity index (χ3v) is 7.26. The summed E-state index contributed by atoms with van der Waals surface area (Å²) in [5.74, 6) is 1.35. The van der Waals surface area contributed by atoms with Crippen LogP contribution in [0.25, 0.3) is 0 Å². The average molecular weight is 517 g/mol. The van der Waals surface area contributed by atoms with Gasteiger partial charge in [0, 0.05) is 5.02 Å². The number of amides is 1. The summed E-state index contributed by atoms with van der Waals surface area (Å²) in [6, 6.07) is 19.6. The molecule has 1 aliphatic rings. The zero-order valence-electron chi connectivity index (χ0n) is 19.0. The minimum Gasteiger partial charge on any atom is -0.494 e. The molecule has 4 rings (SSSR count). The molecule has 1 aliphatic heterocycles. The number of anilines is 1. The number of fused-ring (bicyclic) bond motifs is 1. The highest BCUT2D eigenvalue weighted by molar-refractivity contribution is 7.92. The summed E-state index contributed by atoms with van der Waals surface area (Å²) >= 11 is 5.93. The quantitative estimate of drug-likeness (QED) is 0.464. The molecule has 0 fully saturated rings. The lowest BCUT2D eigenvalue weighted by atomic mass is 10.2. The summed E-state index contributed by atoms with van der Waals surface area (Å²) in [5.41, 5.74) is 0.324. The standard InChI is InChI=1S/C25H25ClN2O6S/c1-2-32-20-11-9-19(10-12-20)28(35(30,31)22-13-7-18(26)8-14-22)16-25(29)27-15-21-17-33-23-5-3-4-6-24(23)34-21/h3-14,21H,2,15-17H2,1H3,(H,27,29). The highest BCUT2D eigenvalue weighted by Gasteiger charge is 2.28. The van der Waals surface area contributed by atoms with Gasteiger partial charge in [0.15, 0.2) is 11.5 Å². The van der Waals surface area contributed by atoms with Crippen LogP contribution in [0.4, 0.5) is 5.69 Å². The maximum Gasteiger partial charge on any atom is 0.264 e. The van der Waals surface area contributed by atoms with Gasteiger partial charge in [0.05, 0.1) is 23.7 Å². The molecule has 0 saturated carbocycles. The van der Waals surface area contributed by atoms with Gasteiger partial charge in [0.1, 0.15) is 25.0 Å². The van der Waals surface area contributed by atoms with E-state index in [1.807, 2.05) is 19.1 Å². The highest BCUT2D eigenvalue weighted by atomic mass is 35.5. The Labute approximate surface area is 209 Å². The average Bonchev–Trinajstić information content (AvgIpc) is 2.87. The normalized spacial score (nSPS) is 14.7. The lowest BCUT2D eigenvalue weighted by Gasteiger charge is -2.27. The van der Waals surface area contributed by atoms with E-state index in [1.165, 1.54) is 24.3 Å². The van der Waals surface area contributed by atoms with Crippen molar-refractivity contribution in [2.24, 2.45) is 0 Å². The van der Waals surface area contributed by atoms with Crippen molar-refractivity contribution < 1.29 is 27.4 Å². The molecule has 35 heavy (non-hydrogen) atoms. The Morgan fingerprint density at radius 3 is 2.43 bits per heavy atom. The fourth-order valence-electron chi connectivity index (χ4n) is 3.50. The summed E-state index contributed by atoms with van der Waals surface area (Å²) in [6.07, 6.45) is -0.402. The number of nitrogens with one attached hydrogen (secondary N) is 1. The monoisotopic (exact) mass is 516 g/mol. The van der Waals surface area contributed by atoms with Crippen LogP contribution in [-0.2, 0) is 14.8 Å². The molecule has 3 aromatic carbocycles. The van der Waals surface area contributed by atoms with Gasteiger partial charge < -0.3 is 19.5 Å². The van der Waals surface area contributed by atoms with Gasteiger partial charge in [0.2, 0.25) is 5.91 Å². The number of carbonyl (C=O) groups is 1. The zero-order valence-corrected chi connectivity index (χ0v) is 20.6. The van der Waals surface area contributed by atoms with Crippen LogP contribution < -0.4 is 23.8 Å². The van der Waals surface area contributed by atoms with E-state index in [-0.39, 0.29) is 18.0 Å². The number of carbonyl (C=O) groups excluding carboxylic acids is 1. The summed E-state index contributed by atoms with van der Waals surface area (Å²) in [4.78, 5) is 12.9. The number of halogens is 1. The minimum atomic E-state index is -4.06. The third kappa shape index (κ3) is 5.98. The second kappa shape index (κ2) is 10.9. The summed E-state index contributed by atoms with van der Waals surface area (Å²) < 4.78 is 44.9. The number of hydrogen-bond acceptors (Lipinski definition) is 6. The molecule has 0 saturated heterocycles. The van der Waals surface area contributed by atoms with E-state index < -0.39 is 28.6 Å². The molecule has 1 unspecified atom stereocenters. The van der Waals surface area contributed by atoms with E-state index in [0.717, 1.165) is 4.31 Å². The second-order valence-electron chi connectivity index (χ2n) is 7.69. The largest absolute Gasteiger partial charge is 0.494 e. The molecule has 1 atom stereocenters. The molecular weight excluding hydrogens is 492 g/mol.